The molecule has 5 nitrogen and oxygen atoms in total. The number of carboxylic acid groups (broad SMARTS) is 1. The SMILES string of the molecule is O=C(O)C(O)c1ccc2ccc3cccnc3c2n1.[Co]. The van der Waals surface area contributed by atoms with Crippen LogP contribution in [0.4, 0.5) is 0 Å². The average molecular weight is 313 g/mol. The van der Waals surface area contributed by atoms with Crippen LogP contribution in [0.2, 0.25) is 0 Å². The van der Waals surface area contributed by atoms with Crippen LogP contribution in [0.15, 0.2) is 42.6 Å². The van der Waals surface area contributed by atoms with E-state index in [-0.39, 0.29) is 22.5 Å². The summed E-state index contributed by atoms with van der Waals surface area (Å²) in [4.78, 5) is 19.3. The maximum Gasteiger partial charge on any atom is 0.338 e. The maximum absolute atomic E-state index is 10.8. The molecule has 0 saturated heterocycles. The number of carboxylic acids is 1. The second kappa shape index (κ2) is 5.54. The minimum Gasteiger partial charge on any atom is -0.479 e. The summed E-state index contributed by atoms with van der Waals surface area (Å²) in [5.74, 6) is -1.32. The van der Waals surface area contributed by atoms with Gasteiger partial charge in [-0.15, -0.1) is 0 Å². The zero-order valence-corrected chi connectivity index (χ0v) is 11.2. The molecule has 0 amide bonds. The van der Waals surface area contributed by atoms with Gasteiger partial charge >= 0.3 is 5.97 Å². The van der Waals surface area contributed by atoms with Gasteiger partial charge in [0.2, 0.25) is 0 Å². The number of aliphatic hydroxyl groups excluding tert-OH is 1. The van der Waals surface area contributed by atoms with Crippen LogP contribution < -0.4 is 0 Å². The van der Waals surface area contributed by atoms with Gasteiger partial charge in [0, 0.05) is 33.7 Å². The topological polar surface area (TPSA) is 83.3 Å². The molecule has 0 fully saturated rings. The zero-order valence-electron chi connectivity index (χ0n) is 10.1. The molecule has 0 aliphatic rings. The van der Waals surface area contributed by atoms with Crippen molar-refractivity contribution >= 4 is 27.8 Å². The molecule has 0 saturated carbocycles. The Morgan fingerprint density at radius 1 is 1.05 bits per heavy atom. The van der Waals surface area contributed by atoms with E-state index in [0.29, 0.717) is 11.0 Å². The number of nitrogens with zero attached hydrogens (tertiary/aromatic N) is 2. The fourth-order valence-electron chi connectivity index (χ4n) is 2.02. The minimum absolute atomic E-state index is 0. The van der Waals surface area contributed by atoms with Crippen LogP contribution in [0.1, 0.15) is 11.8 Å². The number of fused-ring (bicyclic) bond motifs is 3. The molecule has 1 unspecified atom stereocenters. The fourth-order valence-corrected chi connectivity index (χ4v) is 2.02. The Morgan fingerprint density at radius 2 is 1.70 bits per heavy atom. The van der Waals surface area contributed by atoms with Gasteiger partial charge < -0.3 is 10.2 Å². The summed E-state index contributed by atoms with van der Waals surface area (Å²) in [6.07, 6.45) is 0.0346. The molecule has 2 heterocycles. The second-order valence-electron chi connectivity index (χ2n) is 4.19. The van der Waals surface area contributed by atoms with E-state index in [4.69, 9.17) is 5.11 Å². The molecular weight excluding hydrogens is 303 g/mol. The van der Waals surface area contributed by atoms with Gasteiger partial charge in [0.25, 0.3) is 0 Å². The van der Waals surface area contributed by atoms with Gasteiger partial charge in [0.1, 0.15) is 0 Å². The minimum atomic E-state index is -1.62. The number of aliphatic hydroxyl groups is 1. The van der Waals surface area contributed by atoms with Crippen LogP contribution in [0.25, 0.3) is 21.8 Å². The van der Waals surface area contributed by atoms with E-state index in [0.717, 1.165) is 10.8 Å². The molecule has 0 aliphatic heterocycles. The van der Waals surface area contributed by atoms with Crippen LogP contribution in [0.3, 0.4) is 0 Å². The Balaban J connectivity index is 0.00000147. The number of aromatic nitrogens is 2. The molecule has 1 radical (unpaired) electrons. The van der Waals surface area contributed by atoms with Crippen molar-refractivity contribution < 1.29 is 31.8 Å². The third-order valence-electron chi connectivity index (χ3n) is 2.97. The summed E-state index contributed by atoms with van der Waals surface area (Å²) in [6, 6.07) is 10.8. The standard InChI is InChI=1S/C14H10N2O3.Co/c17-13(14(18)19)10-6-5-9-4-3-8-2-1-7-15-11(8)12(9)16-10;/h1-7,13,17H,(H,18,19);. The first-order chi connectivity index (χ1) is 9.16. The van der Waals surface area contributed by atoms with E-state index in [2.05, 4.69) is 9.97 Å². The third-order valence-corrected chi connectivity index (χ3v) is 2.97. The molecule has 0 aliphatic carbocycles. The molecule has 1 atom stereocenters. The maximum atomic E-state index is 10.8. The molecule has 2 aromatic heterocycles. The average Bonchev–Trinajstić information content (AvgIpc) is 2.45. The van der Waals surface area contributed by atoms with Gasteiger partial charge in [0.05, 0.1) is 16.7 Å². The van der Waals surface area contributed by atoms with Crippen LogP contribution >= 0.6 is 0 Å². The van der Waals surface area contributed by atoms with Crippen LogP contribution in [-0.4, -0.2) is 26.2 Å². The number of hydrogen-bond acceptors (Lipinski definition) is 4. The monoisotopic (exact) mass is 313 g/mol. The van der Waals surface area contributed by atoms with Crippen molar-refractivity contribution in [1.82, 2.24) is 9.97 Å². The van der Waals surface area contributed by atoms with Crippen molar-refractivity contribution in [1.29, 1.82) is 0 Å². The molecule has 6 heteroatoms. The molecular formula is C14H10CoN2O3. The second-order valence-corrected chi connectivity index (χ2v) is 4.19. The van der Waals surface area contributed by atoms with Crippen LogP contribution in [-0.2, 0) is 21.6 Å². The summed E-state index contributed by atoms with van der Waals surface area (Å²) in [6.45, 7) is 0. The quantitative estimate of drug-likeness (QED) is 0.706. The van der Waals surface area contributed by atoms with Crippen molar-refractivity contribution in [2.45, 2.75) is 6.10 Å². The van der Waals surface area contributed by atoms with Gasteiger partial charge in [-0.1, -0.05) is 24.3 Å². The Bertz CT molecular complexity index is 792. The number of benzene rings is 1. The predicted molar refractivity (Wildman–Crippen MR) is 69.6 cm³/mol. The first-order valence-electron chi connectivity index (χ1n) is 5.72. The summed E-state index contributed by atoms with van der Waals surface area (Å²) >= 11 is 0. The summed E-state index contributed by atoms with van der Waals surface area (Å²) < 4.78 is 0. The van der Waals surface area contributed by atoms with E-state index in [9.17, 15) is 9.90 Å². The van der Waals surface area contributed by atoms with Crippen molar-refractivity contribution in [2.75, 3.05) is 0 Å². The Morgan fingerprint density at radius 3 is 2.40 bits per heavy atom. The molecule has 20 heavy (non-hydrogen) atoms. The fraction of sp³-hybridized carbons (Fsp3) is 0.0714. The number of rotatable bonds is 2. The summed E-state index contributed by atoms with van der Waals surface area (Å²) in [7, 11) is 0. The zero-order chi connectivity index (χ0) is 13.4. The van der Waals surface area contributed by atoms with E-state index in [1.165, 1.54) is 6.07 Å². The molecule has 2 N–H and O–H groups in total. The Hall–Kier alpha value is -2.02. The van der Waals surface area contributed by atoms with Gasteiger partial charge in [-0.05, 0) is 12.1 Å². The van der Waals surface area contributed by atoms with Crippen molar-refractivity contribution in [3.8, 4) is 0 Å². The van der Waals surface area contributed by atoms with Gasteiger partial charge in [-0.3, -0.25) is 4.98 Å². The Kier molecular flexibility index (Phi) is 3.98. The number of hydrogen-bond donors (Lipinski definition) is 2. The number of pyridine rings is 2. The van der Waals surface area contributed by atoms with Crippen LogP contribution in [0.5, 0.6) is 0 Å². The van der Waals surface area contributed by atoms with E-state index < -0.39 is 12.1 Å². The van der Waals surface area contributed by atoms with E-state index in [1.54, 1.807) is 12.3 Å². The predicted octanol–water partition coefficient (Wildman–Crippen LogP) is 1.90. The van der Waals surface area contributed by atoms with Crippen molar-refractivity contribution in [3.05, 3.63) is 48.3 Å². The van der Waals surface area contributed by atoms with Crippen LogP contribution in [0, 0.1) is 0 Å². The normalized spacial score (nSPS) is 12.1. The van der Waals surface area contributed by atoms with Gasteiger partial charge in [0.15, 0.2) is 6.10 Å². The van der Waals surface area contributed by atoms with E-state index >= 15 is 0 Å². The first-order valence-corrected chi connectivity index (χ1v) is 5.72. The number of carbonyl (C=O) groups is 1. The molecule has 0 bridgehead atoms. The van der Waals surface area contributed by atoms with Gasteiger partial charge in [-0.25, -0.2) is 9.78 Å². The molecule has 3 rings (SSSR count). The molecule has 3 aromatic rings. The third kappa shape index (κ3) is 2.36. The largest absolute Gasteiger partial charge is 0.479 e. The summed E-state index contributed by atoms with van der Waals surface area (Å²) in [5, 5.41) is 20.1. The number of aliphatic carboxylic acids is 1. The first kappa shape index (κ1) is 14.4. The Labute approximate surface area is 124 Å². The molecule has 1 aromatic carbocycles. The smallest absolute Gasteiger partial charge is 0.338 e. The molecule has 0 spiro atoms. The van der Waals surface area contributed by atoms with E-state index in [1.807, 2.05) is 24.3 Å². The molecule has 103 valence electrons. The van der Waals surface area contributed by atoms with Crippen molar-refractivity contribution in [3.63, 3.8) is 0 Å². The summed E-state index contributed by atoms with van der Waals surface area (Å²) in [5.41, 5.74) is 1.40. The van der Waals surface area contributed by atoms with Gasteiger partial charge in [-0.2, -0.15) is 0 Å². The van der Waals surface area contributed by atoms with Crippen molar-refractivity contribution in [2.24, 2.45) is 0 Å².